The highest BCUT2D eigenvalue weighted by Crippen LogP contribution is 2.05. The van der Waals surface area contributed by atoms with Crippen LogP contribution in [0.25, 0.3) is 0 Å². The van der Waals surface area contributed by atoms with E-state index in [-0.39, 0.29) is 6.61 Å². The van der Waals surface area contributed by atoms with Crippen LogP contribution in [0.15, 0.2) is 24.3 Å². The van der Waals surface area contributed by atoms with Gasteiger partial charge in [0.2, 0.25) is 0 Å². The van der Waals surface area contributed by atoms with E-state index < -0.39 is 11.4 Å². The fourth-order valence-electron chi connectivity index (χ4n) is 0.888. The van der Waals surface area contributed by atoms with E-state index >= 15 is 0 Å². The van der Waals surface area contributed by atoms with Gasteiger partial charge in [0.15, 0.2) is 0 Å². The molecule has 0 aliphatic heterocycles. The molecule has 4 nitrogen and oxygen atoms in total. The molecule has 0 aliphatic rings. The van der Waals surface area contributed by atoms with Crippen LogP contribution in [0.4, 0.5) is 0 Å². The van der Waals surface area contributed by atoms with Crippen LogP contribution in [0.5, 0.6) is 0 Å². The topological polar surface area (TPSA) is 75.4 Å². The lowest BCUT2D eigenvalue weighted by Crippen LogP contribution is -1.98. The molecule has 1 rings (SSSR count). The highest BCUT2D eigenvalue weighted by molar-refractivity contribution is 7.74. The molecule has 0 aromatic heterocycles. The van der Waals surface area contributed by atoms with Crippen LogP contribution in [0.2, 0.25) is 0 Å². The minimum atomic E-state index is -2.45. The molecular weight excluding hydrogens is 190 g/mol. The maximum Gasteiger partial charge on any atom is 0.0879 e. The lowest BCUT2D eigenvalue weighted by molar-refractivity contribution is 0.291. The first-order valence-electron chi connectivity index (χ1n) is 3.73. The van der Waals surface area contributed by atoms with Gasteiger partial charge in [-0.25, -0.2) is 4.21 Å². The molecule has 0 radical (unpaired) electrons. The second-order valence-corrected chi connectivity index (χ2v) is 3.13. The van der Waals surface area contributed by atoms with E-state index in [9.17, 15) is 8.76 Å². The molecule has 0 spiro atoms. The normalized spacial score (nSPS) is 12.8. The van der Waals surface area contributed by atoms with Gasteiger partial charge >= 0.3 is 0 Å². The minimum Gasteiger partial charge on any atom is -0.750 e. The van der Waals surface area contributed by atoms with Gasteiger partial charge < -0.3 is 10.3 Å². The van der Waals surface area contributed by atoms with Crippen LogP contribution in [0.1, 0.15) is 11.1 Å². The zero-order valence-corrected chi connectivity index (χ0v) is 7.75. The summed E-state index contributed by atoms with van der Waals surface area (Å²) in [6.45, 7) is 0.551. The van der Waals surface area contributed by atoms with Gasteiger partial charge in [0.25, 0.3) is 0 Å². The third kappa shape index (κ3) is 3.65. The number of nitrogens with two attached hydrogens (primary N) is 1. The molecule has 72 valence electrons. The molecule has 0 saturated carbocycles. The summed E-state index contributed by atoms with van der Waals surface area (Å²) in [5, 5.41) is 0. The fraction of sp³-hybridized carbons (Fsp3) is 0.250. The molecule has 1 atom stereocenters. The van der Waals surface area contributed by atoms with Crippen molar-refractivity contribution in [3.05, 3.63) is 35.4 Å². The highest BCUT2D eigenvalue weighted by atomic mass is 32.2. The van der Waals surface area contributed by atoms with Gasteiger partial charge in [-0.1, -0.05) is 24.3 Å². The Balaban J connectivity index is 2.54. The van der Waals surface area contributed by atoms with E-state index in [0.29, 0.717) is 6.54 Å². The SMILES string of the molecule is NCc1ccc(COS(=O)[O-])cc1. The molecule has 0 fully saturated rings. The Morgan fingerprint density at radius 2 is 1.85 bits per heavy atom. The minimum absolute atomic E-state index is 0.0704. The van der Waals surface area contributed by atoms with Gasteiger partial charge in [0, 0.05) is 6.54 Å². The van der Waals surface area contributed by atoms with E-state index in [1.165, 1.54) is 0 Å². The van der Waals surface area contributed by atoms with E-state index in [2.05, 4.69) is 4.18 Å². The summed E-state index contributed by atoms with van der Waals surface area (Å²) < 4.78 is 24.5. The summed E-state index contributed by atoms with van der Waals surface area (Å²) >= 11 is -2.45. The van der Waals surface area contributed by atoms with Crippen molar-refractivity contribution in [1.82, 2.24) is 0 Å². The van der Waals surface area contributed by atoms with E-state index in [1.807, 2.05) is 12.1 Å². The molecule has 0 bridgehead atoms. The molecule has 0 saturated heterocycles. The van der Waals surface area contributed by atoms with Gasteiger partial charge in [0.05, 0.1) is 18.0 Å². The molecular formula is C8H10NO3S-. The molecule has 1 aromatic rings. The van der Waals surface area contributed by atoms with Crippen molar-refractivity contribution in [2.75, 3.05) is 0 Å². The Bertz CT molecular complexity index is 286. The van der Waals surface area contributed by atoms with Crippen molar-refractivity contribution in [3.63, 3.8) is 0 Å². The summed E-state index contributed by atoms with van der Waals surface area (Å²) in [6, 6.07) is 7.25. The van der Waals surface area contributed by atoms with Crippen LogP contribution in [0, 0.1) is 0 Å². The van der Waals surface area contributed by atoms with E-state index in [1.54, 1.807) is 12.1 Å². The van der Waals surface area contributed by atoms with Gasteiger partial charge in [-0.05, 0) is 11.1 Å². The third-order valence-electron chi connectivity index (χ3n) is 1.58. The summed E-state index contributed by atoms with van der Waals surface area (Å²) in [4.78, 5) is 0. The number of rotatable bonds is 4. The molecule has 0 heterocycles. The molecule has 5 heteroatoms. The smallest absolute Gasteiger partial charge is 0.0879 e. The zero-order chi connectivity index (χ0) is 9.68. The summed E-state index contributed by atoms with van der Waals surface area (Å²) in [5.74, 6) is 0. The number of benzene rings is 1. The fourth-order valence-corrected chi connectivity index (χ4v) is 1.12. The molecule has 0 amide bonds. The van der Waals surface area contributed by atoms with Gasteiger partial charge in [-0.2, -0.15) is 0 Å². The number of hydrogen-bond acceptors (Lipinski definition) is 4. The summed E-state index contributed by atoms with van der Waals surface area (Å²) in [7, 11) is 0. The summed E-state index contributed by atoms with van der Waals surface area (Å²) in [5.41, 5.74) is 7.21. The van der Waals surface area contributed by atoms with Crippen molar-refractivity contribution in [1.29, 1.82) is 0 Å². The quantitative estimate of drug-likeness (QED) is 0.716. The Kier molecular flexibility index (Phi) is 4.04. The Labute approximate surface area is 79.2 Å². The number of hydrogen-bond donors (Lipinski definition) is 1. The first kappa shape index (κ1) is 10.3. The Morgan fingerprint density at radius 3 is 2.31 bits per heavy atom. The highest BCUT2D eigenvalue weighted by Gasteiger charge is 1.93. The molecule has 2 N–H and O–H groups in total. The van der Waals surface area contributed by atoms with Crippen molar-refractivity contribution >= 4 is 11.4 Å². The van der Waals surface area contributed by atoms with Crippen molar-refractivity contribution in [3.8, 4) is 0 Å². The van der Waals surface area contributed by atoms with Crippen LogP contribution in [-0.2, 0) is 28.7 Å². The first-order valence-corrected chi connectivity index (χ1v) is 4.73. The van der Waals surface area contributed by atoms with Crippen LogP contribution < -0.4 is 5.73 Å². The average molecular weight is 200 g/mol. The van der Waals surface area contributed by atoms with Gasteiger partial charge in [0.1, 0.15) is 0 Å². The van der Waals surface area contributed by atoms with Crippen LogP contribution >= 0.6 is 0 Å². The molecule has 1 unspecified atom stereocenters. The van der Waals surface area contributed by atoms with Crippen molar-refractivity contribution < 1.29 is 12.9 Å². The predicted octanol–water partition coefficient (Wildman–Crippen LogP) is 0.456. The van der Waals surface area contributed by atoms with Gasteiger partial charge in [-0.3, -0.25) is 4.18 Å². The third-order valence-corrected chi connectivity index (χ3v) is 1.89. The van der Waals surface area contributed by atoms with Crippen molar-refractivity contribution in [2.45, 2.75) is 13.2 Å². The van der Waals surface area contributed by atoms with Crippen LogP contribution in [0.3, 0.4) is 0 Å². The second kappa shape index (κ2) is 5.08. The first-order chi connectivity index (χ1) is 6.22. The van der Waals surface area contributed by atoms with E-state index in [4.69, 9.17) is 5.73 Å². The lowest BCUT2D eigenvalue weighted by atomic mass is 10.1. The Hall–Kier alpha value is -0.750. The molecule has 13 heavy (non-hydrogen) atoms. The van der Waals surface area contributed by atoms with Gasteiger partial charge in [-0.15, -0.1) is 0 Å². The van der Waals surface area contributed by atoms with Crippen molar-refractivity contribution in [2.24, 2.45) is 5.73 Å². The molecule has 1 aromatic carbocycles. The standard InChI is InChI=1S/C8H11NO3S/c9-5-7-1-3-8(4-2-7)6-12-13(10)11/h1-4H,5-6,9H2,(H,10,11)/p-1. The maximum absolute atomic E-state index is 10.1. The predicted molar refractivity (Wildman–Crippen MR) is 48.0 cm³/mol. The largest absolute Gasteiger partial charge is 0.750 e. The molecule has 0 aliphatic carbocycles. The second-order valence-electron chi connectivity index (χ2n) is 2.49. The monoisotopic (exact) mass is 200 g/mol. The Morgan fingerprint density at radius 1 is 1.31 bits per heavy atom. The lowest BCUT2D eigenvalue weighted by Gasteiger charge is -2.05. The average Bonchev–Trinajstić information content (AvgIpc) is 2.15. The van der Waals surface area contributed by atoms with E-state index in [0.717, 1.165) is 11.1 Å². The zero-order valence-electron chi connectivity index (χ0n) is 6.93. The summed E-state index contributed by atoms with van der Waals surface area (Å²) in [6.07, 6.45) is 0. The maximum atomic E-state index is 10.1. The van der Waals surface area contributed by atoms with Crippen LogP contribution in [-0.4, -0.2) is 8.76 Å².